The molecule has 7 heteroatoms. The highest BCUT2D eigenvalue weighted by Crippen LogP contribution is 2.15. The van der Waals surface area contributed by atoms with Crippen molar-refractivity contribution in [1.82, 2.24) is 15.5 Å². The number of carbonyl (C=O) groups is 1. The van der Waals surface area contributed by atoms with Crippen molar-refractivity contribution in [2.75, 3.05) is 33.2 Å². The Kier molecular flexibility index (Phi) is 14.1. The van der Waals surface area contributed by atoms with E-state index >= 15 is 0 Å². The molecule has 1 aliphatic rings. The molecule has 0 amide bonds. The minimum Gasteiger partial charge on any atom is -0.460 e. The van der Waals surface area contributed by atoms with Crippen molar-refractivity contribution < 1.29 is 9.53 Å². The Morgan fingerprint density at radius 1 is 1.19 bits per heavy atom. The van der Waals surface area contributed by atoms with Crippen LogP contribution in [0.1, 0.15) is 72.6 Å². The smallest absolute Gasteiger partial charge is 0.306 e. The van der Waals surface area contributed by atoms with Gasteiger partial charge in [0.25, 0.3) is 0 Å². The molecule has 0 saturated carbocycles. The van der Waals surface area contributed by atoms with Crippen LogP contribution in [0.15, 0.2) is 4.99 Å². The molecule has 1 heterocycles. The Hall–Kier alpha value is -0.570. The zero-order chi connectivity index (χ0) is 19.4. The second kappa shape index (κ2) is 14.4. The highest BCUT2D eigenvalue weighted by Gasteiger charge is 2.22. The highest BCUT2D eigenvalue weighted by atomic mass is 127. The summed E-state index contributed by atoms with van der Waals surface area (Å²) in [4.78, 5) is 18.5. The Labute approximate surface area is 183 Å². The lowest BCUT2D eigenvalue weighted by molar-refractivity contribution is -0.154. The third-order valence-corrected chi connectivity index (χ3v) is 4.65. The summed E-state index contributed by atoms with van der Waals surface area (Å²) in [5.41, 5.74) is -0.378. The first-order chi connectivity index (χ1) is 12.4. The molecule has 0 aromatic rings. The van der Waals surface area contributed by atoms with Gasteiger partial charge in [-0.25, -0.2) is 0 Å². The van der Waals surface area contributed by atoms with Gasteiger partial charge in [-0.2, -0.15) is 0 Å². The maximum absolute atomic E-state index is 11.6. The normalized spacial score (nSPS) is 18.1. The number of esters is 1. The number of likely N-dealkylation sites (N-methyl/N-ethyl adjacent to an activating group) is 1. The topological polar surface area (TPSA) is 66.0 Å². The second-order valence-electron chi connectivity index (χ2n) is 8.06. The molecule has 1 unspecified atom stereocenters. The van der Waals surface area contributed by atoms with Crippen LogP contribution < -0.4 is 10.6 Å². The van der Waals surface area contributed by atoms with Gasteiger partial charge in [0.1, 0.15) is 5.60 Å². The fourth-order valence-corrected chi connectivity index (χ4v) is 3.32. The fraction of sp³-hybridized carbons (Fsp3) is 0.900. The van der Waals surface area contributed by atoms with Crippen molar-refractivity contribution in [3.05, 3.63) is 0 Å². The molecule has 1 aliphatic heterocycles. The van der Waals surface area contributed by atoms with Crippen LogP contribution in [0.5, 0.6) is 0 Å². The van der Waals surface area contributed by atoms with Crippen LogP contribution in [0.25, 0.3) is 0 Å². The zero-order valence-electron chi connectivity index (χ0n) is 18.0. The number of guanidine groups is 1. The van der Waals surface area contributed by atoms with Crippen molar-refractivity contribution >= 4 is 35.9 Å². The number of ether oxygens (including phenoxy) is 1. The van der Waals surface area contributed by atoms with Crippen LogP contribution in [0, 0.1) is 0 Å². The Morgan fingerprint density at radius 3 is 2.52 bits per heavy atom. The van der Waals surface area contributed by atoms with Gasteiger partial charge in [-0.1, -0.05) is 19.8 Å². The molecule has 2 N–H and O–H groups in total. The molecule has 0 bridgehead atoms. The lowest BCUT2D eigenvalue weighted by atomic mass is 10.1. The summed E-state index contributed by atoms with van der Waals surface area (Å²) < 4.78 is 5.32. The van der Waals surface area contributed by atoms with Crippen molar-refractivity contribution in [2.45, 2.75) is 84.3 Å². The van der Waals surface area contributed by atoms with Crippen LogP contribution in [-0.4, -0.2) is 61.7 Å². The summed E-state index contributed by atoms with van der Waals surface area (Å²) in [5, 5.41) is 6.84. The molecule has 1 fully saturated rings. The first-order valence-corrected chi connectivity index (χ1v) is 10.3. The molecular formula is C20H41IN4O2. The van der Waals surface area contributed by atoms with Gasteiger partial charge >= 0.3 is 5.97 Å². The number of hydrogen-bond acceptors (Lipinski definition) is 4. The van der Waals surface area contributed by atoms with Crippen LogP contribution >= 0.6 is 24.0 Å². The Bertz CT molecular complexity index is 438. The predicted octanol–water partition coefficient (Wildman–Crippen LogP) is 3.55. The molecule has 160 valence electrons. The zero-order valence-corrected chi connectivity index (χ0v) is 20.3. The van der Waals surface area contributed by atoms with Gasteiger partial charge in [-0.15, -0.1) is 24.0 Å². The van der Waals surface area contributed by atoms with Crippen molar-refractivity contribution in [2.24, 2.45) is 4.99 Å². The number of halogens is 1. The van der Waals surface area contributed by atoms with E-state index in [4.69, 9.17) is 4.74 Å². The predicted molar refractivity (Wildman–Crippen MR) is 124 cm³/mol. The third kappa shape index (κ3) is 12.5. The van der Waals surface area contributed by atoms with Crippen LogP contribution in [0.2, 0.25) is 0 Å². The van der Waals surface area contributed by atoms with Gasteiger partial charge in [-0.3, -0.25) is 14.7 Å². The van der Waals surface area contributed by atoms with Gasteiger partial charge in [0, 0.05) is 32.6 Å². The van der Waals surface area contributed by atoms with E-state index in [1.54, 1.807) is 0 Å². The Morgan fingerprint density at radius 2 is 1.89 bits per heavy atom. The first kappa shape index (κ1) is 26.4. The molecule has 0 spiro atoms. The highest BCUT2D eigenvalue weighted by molar-refractivity contribution is 14.0. The molecule has 0 aliphatic carbocycles. The maximum atomic E-state index is 11.6. The van der Waals surface area contributed by atoms with E-state index in [0.717, 1.165) is 51.3 Å². The van der Waals surface area contributed by atoms with E-state index in [1.165, 1.54) is 19.4 Å². The van der Waals surface area contributed by atoms with Gasteiger partial charge in [0.15, 0.2) is 5.96 Å². The molecule has 6 nitrogen and oxygen atoms in total. The van der Waals surface area contributed by atoms with Crippen molar-refractivity contribution in [3.63, 3.8) is 0 Å². The lowest BCUT2D eigenvalue weighted by Gasteiger charge is -2.24. The van der Waals surface area contributed by atoms with Crippen LogP contribution in [0.3, 0.4) is 0 Å². The third-order valence-electron chi connectivity index (χ3n) is 4.65. The summed E-state index contributed by atoms with van der Waals surface area (Å²) in [6, 6.07) is 0.631. The second-order valence-corrected chi connectivity index (χ2v) is 8.06. The van der Waals surface area contributed by atoms with Crippen LogP contribution in [0.4, 0.5) is 0 Å². The number of rotatable bonds is 10. The summed E-state index contributed by atoms with van der Waals surface area (Å²) in [7, 11) is 1.82. The molecule has 0 aromatic carbocycles. The number of nitrogens with one attached hydrogen (secondary N) is 2. The fourth-order valence-electron chi connectivity index (χ4n) is 3.32. The molecule has 0 radical (unpaired) electrons. The average Bonchev–Trinajstić information content (AvgIpc) is 3.02. The number of unbranched alkanes of at least 4 members (excludes halogenated alkanes) is 3. The van der Waals surface area contributed by atoms with Gasteiger partial charge < -0.3 is 15.4 Å². The van der Waals surface area contributed by atoms with E-state index in [1.807, 2.05) is 27.8 Å². The SMILES string of the molecule is CCN1CCCC1CNC(=NC)NCCCCCCC(=O)OC(C)(C)C.I. The quantitative estimate of drug-likeness (QED) is 0.159. The van der Waals surface area contributed by atoms with Crippen molar-refractivity contribution in [3.8, 4) is 0 Å². The minimum absolute atomic E-state index is 0. The van der Waals surface area contributed by atoms with E-state index < -0.39 is 0 Å². The summed E-state index contributed by atoms with van der Waals surface area (Å²) >= 11 is 0. The molecule has 0 aromatic heterocycles. The van der Waals surface area contributed by atoms with E-state index in [9.17, 15) is 4.79 Å². The Balaban J connectivity index is 0.00000676. The molecule has 1 saturated heterocycles. The number of aliphatic imine (C=N–C) groups is 1. The molecule has 1 rings (SSSR count). The molecular weight excluding hydrogens is 455 g/mol. The molecule has 27 heavy (non-hydrogen) atoms. The van der Waals surface area contributed by atoms with Gasteiger partial charge in [-0.05, 0) is 59.5 Å². The maximum Gasteiger partial charge on any atom is 0.306 e. The number of hydrogen-bond donors (Lipinski definition) is 2. The summed E-state index contributed by atoms with van der Waals surface area (Å²) in [5.74, 6) is 0.801. The average molecular weight is 496 g/mol. The molecule has 1 atom stereocenters. The summed E-state index contributed by atoms with van der Waals surface area (Å²) in [6.45, 7) is 12.2. The van der Waals surface area contributed by atoms with E-state index in [2.05, 4.69) is 27.4 Å². The summed E-state index contributed by atoms with van der Waals surface area (Å²) in [6.07, 6.45) is 7.24. The monoisotopic (exact) mass is 496 g/mol. The van der Waals surface area contributed by atoms with E-state index in [-0.39, 0.29) is 35.5 Å². The standard InChI is InChI=1S/C20H40N4O2.HI/c1-6-24-15-11-12-17(24)16-23-19(21-5)22-14-10-8-7-9-13-18(25)26-20(2,3)4;/h17H,6-16H2,1-5H3,(H2,21,22,23);1H. The first-order valence-electron chi connectivity index (χ1n) is 10.3. The number of carbonyl (C=O) groups excluding carboxylic acids is 1. The van der Waals surface area contributed by atoms with Gasteiger partial charge in [0.2, 0.25) is 0 Å². The van der Waals surface area contributed by atoms with Crippen LogP contribution in [-0.2, 0) is 9.53 Å². The lowest BCUT2D eigenvalue weighted by Crippen LogP contribution is -2.45. The number of nitrogens with zero attached hydrogens (tertiary/aromatic N) is 2. The van der Waals surface area contributed by atoms with Gasteiger partial charge in [0.05, 0.1) is 0 Å². The van der Waals surface area contributed by atoms with Crippen molar-refractivity contribution in [1.29, 1.82) is 0 Å². The largest absolute Gasteiger partial charge is 0.460 e. The number of likely N-dealkylation sites (tertiary alicyclic amines) is 1. The minimum atomic E-state index is -0.378. The van der Waals surface area contributed by atoms with E-state index in [0.29, 0.717) is 12.5 Å².